The second kappa shape index (κ2) is 5.27. The summed E-state index contributed by atoms with van der Waals surface area (Å²) >= 11 is 0. The highest BCUT2D eigenvalue weighted by Gasteiger charge is 2.17. The highest BCUT2D eigenvalue weighted by Crippen LogP contribution is 2.23. The van der Waals surface area contributed by atoms with Gasteiger partial charge in [0.05, 0.1) is 16.9 Å². The Hall–Kier alpha value is -1.75. The van der Waals surface area contributed by atoms with Crippen LogP contribution in [0.15, 0.2) is 18.2 Å². The van der Waals surface area contributed by atoms with E-state index in [9.17, 15) is 9.90 Å². The second-order valence-corrected chi connectivity index (χ2v) is 5.07. The SMILES string of the molecule is CN(CCC(C)(C)O)c1ccc(N)cc1C(=O)O. The molecule has 5 nitrogen and oxygen atoms in total. The summed E-state index contributed by atoms with van der Waals surface area (Å²) in [5.74, 6) is -1.01. The molecule has 0 aliphatic rings. The Morgan fingerprint density at radius 1 is 1.44 bits per heavy atom. The average Bonchev–Trinajstić information content (AvgIpc) is 2.24. The third-order valence-corrected chi connectivity index (χ3v) is 2.72. The zero-order valence-electron chi connectivity index (χ0n) is 11.0. The topological polar surface area (TPSA) is 86.8 Å². The van der Waals surface area contributed by atoms with Crippen molar-refractivity contribution in [2.75, 3.05) is 24.2 Å². The van der Waals surface area contributed by atoms with E-state index in [1.807, 2.05) is 0 Å². The van der Waals surface area contributed by atoms with Crippen LogP contribution in [0.3, 0.4) is 0 Å². The van der Waals surface area contributed by atoms with Crippen molar-refractivity contribution in [2.45, 2.75) is 25.9 Å². The first-order valence-corrected chi connectivity index (χ1v) is 5.77. The van der Waals surface area contributed by atoms with Gasteiger partial charge in [-0.1, -0.05) is 0 Å². The molecule has 4 N–H and O–H groups in total. The number of hydrogen-bond donors (Lipinski definition) is 3. The molecule has 0 amide bonds. The molecule has 5 heteroatoms. The summed E-state index contributed by atoms with van der Waals surface area (Å²) in [6, 6.07) is 4.80. The first-order valence-electron chi connectivity index (χ1n) is 5.77. The van der Waals surface area contributed by atoms with Crippen molar-refractivity contribution in [2.24, 2.45) is 0 Å². The normalized spacial score (nSPS) is 11.3. The smallest absolute Gasteiger partial charge is 0.337 e. The molecule has 0 atom stereocenters. The van der Waals surface area contributed by atoms with E-state index in [1.165, 1.54) is 6.07 Å². The molecule has 0 saturated heterocycles. The molecule has 0 unspecified atom stereocenters. The first kappa shape index (κ1) is 14.3. The third-order valence-electron chi connectivity index (χ3n) is 2.72. The monoisotopic (exact) mass is 252 g/mol. The number of nitrogens with zero attached hydrogens (tertiary/aromatic N) is 1. The number of anilines is 2. The number of carbonyl (C=O) groups is 1. The number of nitrogen functional groups attached to an aromatic ring is 1. The molecule has 0 aliphatic carbocycles. The van der Waals surface area contributed by atoms with Gasteiger partial charge in [0.15, 0.2) is 0 Å². The number of aromatic carboxylic acids is 1. The summed E-state index contributed by atoms with van der Waals surface area (Å²) in [6.07, 6.45) is 0.549. The van der Waals surface area contributed by atoms with Gasteiger partial charge in [0.1, 0.15) is 0 Å². The van der Waals surface area contributed by atoms with Gasteiger partial charge in [0, 0.05) is 19.3 Å². The Morgan fingerprint density at radius 3 is 2.56 bits per heavy atom. The van der Waals surface area contributed by atoms with Gasteiger partial charge in [-0.3, -0.25) is 0 Å². The van der Waals surface area contributed by atoms with E-state index in [2.05, 4.69) is 0 Å². The number of hydrogen-bond acceptors (Lipinski definition) is 4. The molecular weight excluding hydrogens is 232 g/mol. The molecule has 0 fully saturated rings. The fourth-order valence-corrected chi connectivity index (χ4v) is 1.62. The van der Waals surface area contributed by atoms with Crippen molar-refractivity contribution in [1.82, 2.24) is 0 Å². The maximum absolute atomic E-state index is 11.1. The van der Waals surface area contributed by atoms with Crippen LogP contribution in [-0.2, 0) is 0 Å². The van der Waals surface area contributed by atoms with Gasteiger partial charge in [-0.2, -0.15) is 0 Å². The van der Waals surface area contributed by atoms with Crippen molar-refractivity contribution < 1.29 is 15.0 Å². The summed E-state index contributed by atoms with van der Waals surface area (Å²) in [6.45, 7) is 4.01. The maximum Gasteiger partial charge on any atom is 0.337 e. The van der Waals surface area contributed by atoms with Crippen molar-refractivity contribution in [3.8, 4) is 0 Å². The Balaban J connectivity index is 2.91. The molecule has 1 aromatic carbocycles. The number of rotatable bonds is 5. The molecule has 1 aromatic rings. The Labute approximate surface area is 107 Å². The largest absolute Gasteiger partial charge is 0.478 e. The fraction of sp³-hybridized carbons (Fsp3) is 0.462. The zero-order chi connectivity index (χ0) is 13.9. The Bertz CT molecular complexity index is 438. The summed E-state index contributed by atoms with van der Waals surface area (Å²) in [5, 5.41) is 18.8. The van der Waals surface area contributed by atoms with Gasteiger partial charge in [0.2, 0.25) is 0 Å². The van der Waals surface area contributed by atoms with Crippen molar-refractivity contribution in [3.63, 3.8) is 0 Å². The van der Waals surface area contributed by atoms with Crippen LogP contribution in [0.4, 0.5) is 11.4 Å². The second-order valence-electron chi connectivity index (χ2n) is 5.07. The van der Waals surface area contributed by atoms with Gasteiger partial charge in [-0.15, -0.1) is 0 Å². The zero-order valence-corrected chi connectivity index (χ0v) is 11.0. The lowest BCUT2D eigenvalue weighted by Gasteiger charge is -2.25. The van der Waals surface area contributed by atoms with Crippen molar-refractivity contribution in [1.29, 1.82) is 0 Å². The highest BCUT2D eigenvalue weighted by molar-refractivity contribution is 5.95. The van der Waals surface area contributed by atoms with Crippen LogP contribution in [0.2, 0.25) is 0 Å². The van der Waals surface area contributed by atoms with E-state index in [4.69, 9.17) is 10.8 Å². The van der Waals surface area contributed by atoms with Gasteiger partial charge < -0.3 is 20.8 Å². The Kier molecular flexibility index (Phi) is 4.19. The maximum atomic E-state index is 11.1. The van der Waals surface area contributed by atoms with Crippen LogP contribution in [0.5, 0.6) is 0 Å². The highest BCUT2D eigenvalue weighted by atomic mass is 16.4. The molecule has 1 rings (SSSR count). The minimum atomic E-state index is -1.01. The minimum Gasteiger partial charge on any atom is -0.478 e. The average molecular weight is 252 g/mol. The Morgan fingerprint density at radius 2 is 2.06 bits per heavy atom. The van der Waals surface area contributed by atoms with Crippen LogP contribution < -0.4 is 10.6 Å². The number of carboxylic acids is 1. The predicted octanol–water partition coefficient (Wildman–Crippen LogP) is 1.56. The molecule has 0 spiro atoms. The number of nitrogens with two attached hydrogens (primary N) is 1. The van der Waals surface area contributed by atoms with Crippen LogP contribution >= 0.6 is 0 Å². The minimum absolute atomic E-state index is 0.174. The molecule has 0 aliphatic heterocycles. The van der Waals surface area contributed by atoms with Crippen LogP contribution in [0.1, 0.15) is 30.6 Å². The van der Waals surface area contributed by atoms with Gasteiger partial charge in [-0.25, -0.2) is 4.79 Å². The number of benzene rings is 1. The summed E-state index contributed by atoms with van der Waals surface area (Å²) in [5.41, 5.74) is 6.01. The molecule has 0 radical (unpaired) electrons. The molecule has 100 valence electrons. The lowest BCUT2D eigenvalue weighted by atomic mass is 10.0. The van der Waals surface area contributed by atoms with E-state index in [0.717, 1.165) is 0 Å². The van der Waals surface area contributed by atoms with Crippen molar-refractivity contribution in [3.05, 3.63) is 23.8 Å². The standard InChI is InChI=1S/C13H20N2O3/c1-13(2,18)6-7-15(3)11-5-4-9(14)8-10(11)12(16)17/h4-5,8,18H,6-7,14H2,1-3H3,(H,16,17). The van der Waals surface area contributed by atoms with E-state index in [1.54, 1.807) is 37.9 Å². The number of carboxylic acid groups (broad SMARTS) is 1. The lowest BCUT2D eigenvalue weighted by Crippen LogP contribution is -2.29. The van der Waals surface area contributed by atoms with Crippen LogP contribution in [0.25, 0.3) is 0 Å². The van der Waals surface area contributed by atoms with Crippen LogP contribution in [0, 0.1) is 0 Å². The molecule has 0 saturated carbocycles. The van der Waals surface area contributed by atoms with Gasteiger partial charge in [0.25, 0.3) is 0 Å². The summed E-state index contributed by atoms with van der Waals surface area (Å²) in [4.78, 5) is 13.0. The molecule has 0 heterocycles. The van der Waals surface area contributed by atoms with Gasteiger partial charge >= 0.3 is 5.97 Å². The lowest BCUT2D eigenvalue weighted by molar-refractivity contribution is 0.0697. The quantitative estimate of drug-likeness (QED) is 0.692. The molecule has 0 bridgehead atoms. The van der Waals surface area contributed by atoms with E-state index in [-0.39, 0.29) is 5.56 Å². The summed E-state index contributed by atoms with van der Waals surface area (Å²) < 4.78 is 0. The first-order chi connectivity index (χ1) is 8.20. The molecule has 18 heavy (non-hydrogen) atoms. The van der Waals surface area contributed by atoms with E-state index in [0.29, 0.717) is 24.3 Å². The van der Waals surface area contributed by atoms with Crippen molar-refractivity contribution >= 4 is 17.3 Å². The number of aliphatic hydroxyl groups is 1. The van der Waals surface area contributed by atoms with Gasteiger partial charge in [-0.05, 0) is 38.5 Å². The summed E-state index contributed by atoms with van der Waals surface area (Å²) in [7, 11) is 1.80. The van der Waals surface area contributed by atoms with Crippen LogP contribution in [-0.4, -0.2) is 35.4 Å². The third kappa shape index (κ3) is 3.92. The molecule has 0 aromatic heterocycles. The van der Waals surface area contributed by atoms with E-state index >= 15 is 0 Å². The predicted molar refractivity (Wildman–Crippen MR) is 72.0 cm³/mol. The molecular formula is C13H20N2O3. The van der Waals surface area contributed by atoms with E-state index < -0.39 is 11.6 Å². The fourth-order valence-electron chi connectivity index (χ4n) is 1.62.